The number of hydrogen-bond acceptors (Lipinski definition) is 3. The van der Waals surface area contributed by atoms with E-state index in [2.05, 4.69) is 10.2 Å². The molecule has 138 valence electrons. The van der Waals surface area contributed by atoms with Crippen molar-refractivity contribution in [3.8, 4) is 5.75 Å². The van der Waals surface area contributed by atoms with E-state index >= 15 is 0 Å². The van der Waals surface area contributed by atoms with Gasteiger partial charge in [0.05, 0.1) is 44.7 Å². The van der Waals surface area contributed by atoms with Gasteiger partial charge in [0.2, 0.25) is 0 Å². The second kappa shape index (κ2) is 8.38. The number of nitrogens with zero attached hydrogens (tertiary/aromatic N) is 1. The van der Waals surface area contributed by atoms with Crippen molar-refractivity contribution in [1.82, 2.24) is 0 Å². The molecule has 1 aliphatic rings. The number of halogens is 2. The fourth-order valence-electron chi connectivity index (χ4n) is 3.14. The van der Waals surface area contributed by atoms with Crippen LogP contribution in [0.4, 0.5) is 15.8 Å². The van der Waals surface area contributed by atoms with E-state index in [9.17, 15) is 9.18 Å². The maximum atomic E-state index is 13.8. The van der Waals surface area contributed by atoms with Gasteiger partial charge in [-0.2, -0.15) is 0 Å². The third-order valence-corrected chi connectivity index (χ3v) is 4.75. The molecule has 1 fully saturated rings. The zero-order valence-corrected chi connectivity index (χ0v) is 15.4. The zero-order chi connectivity index (χ0) is 18.5. The molecule has 2 aromatic carbocycles. The lowest BCUT2D eigenvalue weighted by atomic mass is 10.2. The molecule has 0 aliphatic carbocycles. The van der Waals surface area contributed by atoms with Crippen LogP contribution in [0.25, 0.3) is 0 Å². The summed E-state index contributed by atoms with van der Waals surface area (Å²) in [5.74, 6) is 0.126. The number of piperazine rings is 1. The van der Waals surface area contributed by atoms with Gasteiger partial charge in [-0.3, -0.25) is 4.79 Å². The largest absolute Gasteiger partial charge is 0.495 e. The highest BCUT2D eigenvalue weighted by Gasteiger charge is 2.24. The van der Waals surface area contributed by atoms with E-state index in [4.69, 9.17) is 16.3 Å². The molecule has 0 atom stereocenters. The average molecular weight is 379 g/mol. The number of anilines is 2. The normalized spacial score (nSPS) is 15.0. The maximum absolute atomic E-state index is 13.8. The van der Waals surface area contributed by atoms with Gasteiger partial charge in [0, 0.05) is 5.02 Å². The third kappa shape index (κ3) is 4.45. The highest BCUT2D eigenvalue weighted by atomic mass is 35.5. The lowest BCUT2D eigenvalue weighted by molar-refractivity contribution is -0.892. The van der Waals surface area contributed by atoms with Crippen molar-refractivity contribution in [3.63, 3.8) is 0 Å². The predicted octanol–water partition coefficient (Wildman–Crippen LogP) is 1.83. The van der Waals surface area contributed by atoms with Crippen molar-refractivity contribution in [3.05, 3.63) is 53.3 Å². The number of methoxy groups -OCH3 is 1. The first-order chi connectivity index (χ1) is 12.6. The summed E-state index contributed by atoms with van der Waals surface area (Å²) >= 11 is 5.72. The van der Waals surface area contributed by atoms with E-state index in [-0.39, 0.29) is 11.6 Å². The van der Waals surface area contributed by atoms with Gasteiger partial charge < -0.3 is 19.9 Å². The van der Waals surface area contributed by atoms with Crippen molar-refractivity contribution in [2.24, 2.45) is 0 Å². The molecule has 1 aliphatic heterocycles. The van der Waals surface area contributed by atoms with Crippen LogP contribution in [0.3, 0.4) is 0 Å². The minimum atomic E-state index is -0.526. The van der Waals surface area contributed by atoms with Gasteiger partial charge in [-0.05, 0) is 30.3 Å². The van der Waals surface area contributed by atoms with Crippen LogP contribution in [-0.4, -0.2) is 45.7 Å². The Morgan fingerprint density at radius 1 is 1.27 bits per heavy atom. The van der Waals surface area contributed by atoms with Crippen molar-refractivity contribution in [2.45, 2.75) is 0 Å². The van der Waals surface area contributed by atoms with E-state index in [1.165, 1.54) is 17.0 Å². The number of para-hydroxylation sites is 2. The first-order valence-electron chi connectivity index (χ1n) is 8.53. The number of rotatable bonds is 5. The van der Waals surface area contributed by atoms with Crippen molar-refractivity contribution in [2.75, 3.05) is 50.1 Å². The molecule has 26 heavy (non-hydrogen) atoms. The van der Waals surface area contributed by atoms with Crippen LogP contribution in [0.2, 0.25) is 5.02 Å². The van der Waals surface area contributed by atoms with Gasteiger partial charge in [0.15, 0.2) is 6.54 Å². The van der Waals surface area contributed by atoms with Gasteiger partial charge in [-0.15, -0.1) is 0 Å². The van der Waals surface area contributed by atoms with Crippen LogP contribution >= 0.6 is 11.6 Å². The minimum absolute atomic E-state index is 0.159. The van der Waals surface area contributed by atoms with E-state index in [1.54, 1.807) is 13.2 Å². The summed E-state index contributed by atoms with van der Waals surface area (Å²) in [5, 5.41) is 2.92. The van der Waals surface area contributed by atoms with Gasteiger partial charge >= 0.3 is 0 Å². The highest BCUT2D eigenvalue weighted by molar-refractivity contribution is 6.30. The molecule has 0 unspecified atom stereocenters. The molecule has 7 heteroatoms. The van der Waals surface area contributed by atoms with Crippen LogP contribution in [0.15, 0.2) is 42.5 Å². The first-order valence-corrected chi connectivity index (χ1v) is 8.91. The molecule has 1 heterocycles. The molecule has 5 nitrogen and oxygen atoms in total. The summed E-state index contributed by atoms with van der Waals surface area (Å²) in [6.45, 7) is 3.63. The molecule has 1 saturated heterocycles. The van der Waals surface area contributed by atoms with Crippen LogP contribution in [0.5, 0.6) is 5.75 Å². The van der Waals surface area contributed by atoms with E-state index in [0.717, 1.165) is 37.6 Å². The Morgan fingerprint density at radius 2 is 2.00 bits per heavy atom. The number of carbonyl (C=O) groups excluding carboxylic acids is 1. The maximum Gasteiger partial charge on any atom is 0.279 e. The van der Waals surface area contributed by atoms with Gasteiger partial charge in [-0.1, -0.05) is 23.7 Å². The van der Waals surface area contributed by atoms with E-state index in [1.807, 2.05) is 24.3 Å². The molecule has 0 radical (unpaired) electrons. The number of quaternary nitrogens is 1. The number of nitrogens with one attached hydrogen (secondary N) is 2. The summed E-state index contributed by atoms with van der Waals surface area (Å²) in [6, 6.07) is 12.2. The summed E-state index contributed by atoms with van der Waals surface area (Å²) < 4.78 is 19.2. The second-order valence-corrected chi connectivity index (χ2v) is 6.69. The summed E-state index contributed by atoms with van der Waals surface area (Å²) in [7, 11) is 1.67. The predicted molar refractivity (Wildman–Crippen MR) is 101 cm³/mol. The molecular formula is C19H22ClFN3O2+. The molecule has 3 rings (SSSR count). The van der Waals surface area contributed by atoms with Gasteiger partial charge in [0.25, 0.3) is 5.91 Å². The smallest absolute Gasteiger partial charge is 0.279 e. The quantitative estimate of drug-likeness (QED) is 0.834. The number of hydrogen-bond donors (Lipinski definition) is 2. The number of amides is 1. The summed E-state index contributed by atoms with van der Waals surface area (Å²) in [5.41, 5.74) is 1.23. The van der Waals surface area contributed by atoms with Crippen LogP contribution < -0.4 is 19.9 Å². The molecular weight excluding hydrogens is 357 g/mol. The monoisotopic (exact) mass is 378 g/mol. The van der Waals surface area contributed by atoms with Gasteiger partial charge in [-0.25, -0.2) is 4.39 Å². The second-order valence-electron chi connectivity index (χ2n) is 6.26. The highest BCUT2D eigenvalue weighted by Crippen LogP contribution is 2.27. The summed E-state index contributed by atoms with van der Waals surface area (Å²) in [4.78, 5) is 15.6. The van der Waals surface area contributed by atoms with Crippen LogP contribution in [0.1, 0.15) is 0 Å². The SMILES string of the molecule is COc1ccccc1N1CC[NH+](CC(=O)Nc2ccc(Cl)cc2F)CC1. The van der Waals surface area contributed by atoms with Gasteiger partial charge in [0.1, 0.15) is 11.6 Å². The average Bonchev–Trinajstić information content (AvgIpc) is 2.64. The topological polar surface area (TPSA) is 46.0 Å². The Hall–Kier alpha value is -2.31. The fraction of sp³-hybridized carbons (Fsp3) is 0.316. The Bertz CT molecular complexity index is 779. The number of ether oxygens (including phenoxy) is 1. The lowest BCUT2D eigenvalue weighted by Crippen LogP contribution is -3.15. The van der Waals surface area contributed by atoms with Crippen molar-refractivity contribution in [1.29, 1.82) is 0 Å². The fourth-order valence-corrected chi connectivity index (χ4v) is 3.30. The molecule has 0 saturated carbocycles. The molecule has 1 amide bonds. The molecule has 2 aromatic rings. The minimum Gasteiger partial charge on any atom is -0.495 e. The molecule has 2 N–H and O–H groups in total. The van der Waals surface area contributed by atoms with Crippen molar-refractivity contribution >= 4 is 28.9 Å². The third-order valence-electron chi connectivity index (χ3n) is 4.51. The first kappa shape index (κ1) is 18.5. The van der Waals surface area contributed by atoms with E-state index in [0.29, 0.717) is 11.6 Å². The molecule has 0 spiro atoms. The Balaban J connectivity index is 1.53. The Morgan fingerprint density at radius 3 is 2.69 bits per heavy atom. The molecule has 0 bridgehead atoms. The Kier molecular flexibility index (Phi) is 5.96. The van der Waals surface area contributed by atoms with Crippen molar-refractivity contribution < 1.29 is 18.8 Å². The number of benzene rings is 2. The molecule has 0 aromatic heterocycles. The lowest BCUT2D eigenvalue weighted by Gasteiger charge is -2.34. The Labute approximate surface area is 157 Å². The summed E-state index contributed by atoms with van der Waals surface area (Å²) in [6.07, 6.45) is 0. The standard InChI is InChI=1S/C19H21ClFN3O2/c1-26-18-5-3-2-4-17(18)24-10-8-23(9-11-24)13-19(25)22-16-7-6-14(20)12-15(16)21/h2-7,12H,8-11,13H2,1H3,(H,22,25)/p+1. The van der Waals surface area contributed by atoms with E-state index < -0.39 is 5.82 Å². The van der Waals surface area contributed by atoms with Crippen LogP contribution in [0, 0.1) is 5.82 Å². The zero-order valence-electron chi connectivity index (χ0n) is 14.6. The van der Waals surface area contributed by atoms with Crippen LogP contribution in [-0.2, 0) is 4.79 Å². The number of carbonyl (C=O) groups is 1.